The molecule has 0 radical (unpaired) electrons. The molecule has 0 spiro atoms. The molecule has 3 N–H and O–H groups in total. The first-order chi connectivity index (χ1) is 7.03. The third-order valence-electron chi connectivity index (χ3n) is 2.96. The first kappa shape index (κ1) is 10.2. The molecule has 0 saturated carbocycles. The summed E-state index contributed by atoms with van der Waals surface area (Å²) in [7, 11) is 0. The van der Waals surface area contributed by atoms with Crippen molar-refractivity contribution in [1.29, 1.82) is 0 Å². The van der Waals surface area contributed by atoms with Crippen LogP contribution in [0.3, 0.4) is 0 Å². The fraction of sp³-hybridized carbons (Fsp3) is 0.600. The molecule has 82 valence electrons. The fourth-order valence-electron chi connectivity index (χ4n) is 1.97. The number of carboxylic acids is 1. The number of rotatable bonds is 2. The fourth-order valence-corrected chi connectivity index (χ4v) is 1.97. The third kappa shape index (κ3) is 1.52. The van der Waals surface area contributed by atoms with Crippen molar-refractivity contribution in [3.05, 3.63) is 17.7 Å². The zero-order chi connectivity index (χ0) is 11.1. The maximum Gasteiger partial charge on any atom is 0.344 e. The van der Waals surface area contributed by atoms with Gasteiger partial charge in [-0.1, -0.05) is 0 Å². The van der Waals surface area contributed by atoms with Crippen LogP contribution in [0.4, 0.5) is 0 Å². The van der Waals surface area contributed by atoms with Crippen LogP contribution in [-0.2, 0) is 23.3 Å². The van der Waals surface area contributed by atoms with Gasteiger partial charge in [-0.2, -0.15) is 0 Å². The number of aliphatic carboxylic acids is 1. The first-order valence-corrected chi connectivity index (χ1v) is 5.11. The summed E-state index contributed by atoms with van der Waals surface area (Å²) in [5, 5.41) is 9.04. The molecule has 1 heterocycles. The van der Waals surface area contributed by atoms with Gasteiger partial charge in [-0.25, -0.2) is 9.78 Å². The van der Waals surface area contributed by atoms with E-state index in [4.69, 9.17) is 10.8 Å². The first-order valence-electron chi connectivity index (χ1n) is 5.11. The lowest BCUT2D eigenvalue weighted by Crippen LogP contribution is -2.48. The van der Waals surface area contributed by atoms with Crippen LogP contribution in [0.25, 0.3) is 0 Å². The van der Waals surface area contributed by atoms with E-state index >= 15 is 0 Å². The Morgan fingerprint density at radius 1 is 1.60 bits per heavy atom. The number of carboxylic acid groups (broad SMARTS) is 1. The number of hydrogen-bond acceptors (Lipinski definition) is 3. The molecule has 5 nitrogen and oxygen atoms in total. The zero-order valence-electron chi connectivity index (χ0n) is 8.73. The average Bonchev–Trinajstić information content (AvgIpc) is 2.61. The second-order valence-corrected chi connectivity index (χ2v) is 4.17. The van der Waals surface area contributed by atoms with Crippen LogP contribution in [-0.4, -0.2) is 20.6 Å². The van der Waals surface area contributed by atoms with Crippen molar-refractivity contribution >= 4 is 5.97 Å². The van der Waals surface area contributed by atoms with E-state index in [9.17, 15) is 4.79 Å². The third-order valence-corrected chi connectivity index (χ3v) is 2.96. The van der Waals surface area contributed by atoms with E-state index < -0.39 is 11.6 Å². The highest BCUT2D eigenvalue weighted by Gasteiger charge is 2.33. The molecule has 0 aliphatic heterocycles. The van der Waals surface area contributed by atoms with Gasteiger partial charge in [0.2, 0.25) is 0 Å². The summed E-state index contributed by atoms with van der Waals surface area (Å²) in [6, 6.07) is 0. The molecule has 0 bridgehead atoms. The Hall–Kier alpha value is -1.36. The Kier molecular flexibility index (Phi) is 2.26. The summed E-state index contributed by atoms with van der Waals surface area (Å²) in [4.78, 5) is 15.3. The van der Waals surface area contributed by atoms with Crippen LogP contribution >= 0.6 is 0 Å². The Labute approximate surface area is 87.9 Å². The monoisotopic (exact) mass is 209 g/mol. The van der Waals surface area contributed by atoms with Gasteiger partial charge in [-0.15, -0.1) is 0 Å². The zero-order valence-corrected chi connectivity index (χ0v) is 8.73. The van der Waals surface area contributed by atoms with Gasteiger partial charge in [-0.3, -0.25) is 5.73 Å². The molecular weight excluding hydrogens is 194 g/mol. The van der Waals surface area contributed by atoms with Crippen molar-refractivity contribution in [2.24, 2.45) is 5.73 Å². The SMILES string of the molecule is C[C@@](N)(C(=O)O)n1cnc2c1CCCC2. The highest BCUT2D eigenvalue weighted by Crippen LogP contribution is 2.23. The van der Waals surface area contributed by atoms with E-state index in [1.54, 1.807) is 10.9 Å². The lowest BCUT2D eigenvalue weighted by molar-refractivity contribution is -0.146. The highest BCUT2D eigenvalue weighted by molar-refractivity contribution is 5.75. The number of nitrogens with zero attached hydrogens (tertiary/aromatic N) is 2. The summed E-state index contributed by atoms with van der Waals surface area (Å²) in [6.07, 6.45) is 5.55. The largest absolute Gasteiger partial charge is 0.478 e. The van der Waals surface area contributed by atoms with Crippen LogP contribution in [0, 0.1) is 0 Å². The Bertz CT molecular complexity index is 395. The summed E-state index contributed by atoms with van der Waals surface area (Å²) < 4.78 is 1.59. The van der Waals surface area contributed by atoms with Crippen molar-refractivity contribution in [3.8, 4) is 0 Å². The minimum atomic E-state index is -1.39. The highest BCUT2D eigenvalue weighted by atomic mass is 16.4. The lowest BCUT2D eigenvalue weighted by atomic mass is 10.0. The summed E-state index contributed by atoms with van der Waals surface area (Å²) >= 11 is 0. The number of imidazole rings is 1. The van der Waals surface area contributed by atoms with E-state index in [0.717, 1.165) is 37.1 Å². The van der Waals surface area contributed by atoms with Gasteiger partial charge in [0.25, 0.3) is 0 Å². The molecule has 1 aromatic heterocycles. The lowest BCUT2D eigenvalue weighted by Gasteiger charge is -2.25. The van der Waals surface area contributed by atoms with Crippen molar-refractivity contribution in [3.63, 3.8) is 0 Å². The van der Waals surface area contributed by atoms with E-state index in [1.807, 2.05) is 0 Å². The quantitative estimate of drug-likeness (QED) is 0.742. The van der Waals surface area contributed by atoms with Crippen molar-refractivity contribution < 1.29 is 9.90 Å². The van der Waals surface area contributed by atoms with E-state index in [1.165, 1.54) is 6.92 Å². The molecule has 1 aliphatic carbocycles. The van der Waals surface area contributed by atoms with Crippen molar-refractivity contribution in [2.75, 3.05) is 0 Å². The molecule has 0 aromatic carbocycles. The molecular formula is C10H15N3O2. The Morgan fingerprint density at radius 2 is 2.27 bits per heavy atom. The molecule has 5 heteroatoms. The number of aryl methyl sites for hydroxylation is 1. The summed E-state index contributed by atoms with van der Waals surface area (Å²) in [5.41, 5.74) is 6.36. The second-order valence-electron chi connectivity index (χ2n) is 4.17. The Morgan fingerprint density at radius 3 is 2.93 bits per heavy atom. The van der Waals surface area contributed by atoms with Crippen molar-refractivity contribution in [2.45, 2.75) is 38.3 Å². The maximum atomic E-state index is 11.0. The number of nitrogens with two attached hydrogens (primary N) is 1. The Balaban J connectivity index is 2.45. The van der Waals surface area contributed by atoms with E-state index in [-0.39, 0.29) is 0 Å². The normalized spacial score (nSPS) is 19.3. The minimum Gasteiger partial charge on any atom is -0.478 e. The van der Waals surface area contributed by atoms with E-state index in [2.05, 4.69) is 4.98 Å². The minimum absolute atomic E-state index is 0.870. The van der Waals surface area contributed by atoms with Crippen molar-refractivity contribution in [1.82, 2.24) is 9.55 Å². The topological polar surface area (TPSA) is 81.1 Å². The predicted octanol–water partition coefficient (Wildman–Crippen LogP) is 0.478. The molecule has 0 amide bonds. The molecule has 2 rings (SSSR count). The molecule has 15 heavy (non-hydrogen) atoms. The van der Waals surface area contributed by atoms with Gasteiger partial charge in [0, 0.05) is 5.69 Å². The second kappa shape index (κ2) is 3.34. The molecule has 0 unspecified atom stereocenters. The molecule has 0 saturated heterocycles. The standard InChI is InChI=1S/C10H15N3O2/c1-10(11,9(14)15)13-6-12-7-4-2-3-5-8(7)13/h6H,2-5,11H2,1H3,(H,14,15)/t10-/m0/s1. The summed E-state index contributed by atoms with van der Waals surface area (Å²) in [6.45, 7) is 1.49. The van der Waals surface area contributed by atoms with Crippen LogP contribution in [0.15, 0.2) is 6.33 Å². The molecule has 1 aliphatic rings. The van der Waals surface area contributed by atoms with Gasteiger partial charge in [0.15, 0.2) is 5.66 Å². The van der Waals surface area contributed by atoms with Gasteiger partial charge < -0.3 is 9.67 Å². The van der Waals surface area contributed by atoms with Crippen LogP contribution in [0.1, 0.15) is 31.2 Å². The molecule has 1 atom stereocenters. The maximum absolute atomic E-state index is 11.0. The van der Waals surface area contributed by atoms with Crippen LogP contribution in [0.5, 0.6) is 0 Å². The number of hydrogen-bond donors (Lipinski definition) is 2. The molecule has 1 aromatic rings. The van der Waals surface area contributed by atoms with Gasteiger partial charge in [0.05, 0.1) is 12.0 Å². The number of fused-ring (bicyclic) bond motifs is 1. The van der Waals surface area contributed by atoms with Gasteiger partial charge in [0.1, 0.15) is 0 Å². The van der Waals surface area contributed by atoms with Crippen LogP contribution < -0.4 is 5.73 Å². The predicted molar refractivity (Wildman–Crippen MR) is 54.3 cm³/mol. The number of carbonyl (C=O) groups is 1. The van der Waals surface area contributed by atoms with Gasteiger partial charge >= 0.3 is 5.97 Å². The number of aromatic nitrogens is 2. The van der Waals surface area contributed by atoms with E-state index in [0.29, 0.717) is 0 Å². The smallest absolute Gasteiger partial charge is 0.344 e. The summed E-state index contributed by atoms with van der Waals surface area (Å²) in [5.74, 6) is -1.03. The van der Waals surface area contributed by atoms with Crippen LogP contribution in [0.2, 0.25) is 0 Å². The van der Waals surface area contributed by atoms with Gasteiger partial charge in [-0.05, 0) is 32.6 Å². The molecule has 0 fully saturated rings. The average molecular weight is 209 g/mol.